The van der Waals surface area contributed by atoms with Gasteiger partial charge in [0.1, 0.15) is 11.9 Å². The van der Waals surface area contributed by atoms with E-state index in [0.717, 1.165) is 19.3 Å². The molecule has 3 amide bonds. The highest BCUT2D eigenvalue weighted by Gasteiger charge is 2.37. The molecule has 0 radical (unpaired) electrons. The number of benzene rings is 2. The van der Waals surface area contributed by atoms with Gasteiger partial charge in [0.05, 0.1) is 16.1 Å². The third kappa shape index (κ3) is 5.41. The highest BCUT2D eigenvalue weighted by Crippen LogP contribution is 2.26. The van der Waals surface area contributed by atoms with E-state index in [4.69, 9.17) is 11.6 Å². The van der Waals surface area contributed by atoms with E-state index in [-0.39, 0.29) is 29.2 Å². The lowest BCUT2D eigenvalue weighted by atomic mass is 9.87. The first kappa shape index (κ1) is 24.2. The van der Waals surface area contributed by atoms with E-state index in [0.29, 0.717) is 49.6 Å². The molecule has 4 rings (SSSR count). The van der Waals surface area contributed by atoms with E-state index in [2.05, 4.69) is 5.32 Å². The van der Waals surface area contributed by atoms with Crippen LogP contribution in [0.2, 0.25) is 5.02 Å². The minimum Gasteiger partial charge on any atom is -0.341 e. The highest BCUT2D eigenvalue weighted by molar-refractivity contribution is 6.33. The molecule has 2 aromatic rings. The second-order valence-corrected chi connectivity index (χ2v) is 9.33. The Bertz CT molecular complexity index is 1050. The van der Waals surface area contributed by atoms with Crippen LogP contribution in [0.15, 0.2) is 48.5 Å². The third-order valence-electron chi connectivity index (χ3n) is 6.74. The number of piperidine rings is 2. The lowest BCUT2D eigenvalue weighted by molar-refractivity contribution is -0.136. The zero-order valence-electron chi connectivity index (χ0n) is 19.0. The van der Waals surface area contributed by atoms with Crippen molar-refractivity contribution in [2.75, 3.05) is 26.2 Å². The van der Waals surface area contributed by atoms with Gasteiger partial charge < -0.3 is 15.1 Å². The Morgan fingerprint density at radius 3 is 2.12 bits per heavy atom. The molecule has 6 nitrogen and oxygen atoms in total. The molecule has 0 spiro atoms. The van der Waals surface area contributed by atoms with E-state index in [9.17, 15) is 18.8 Å². The number of halogens is 2. The third-order valence-corrected chi connectivity index (χ3v) is 7.07. The Morgan fingerprint density at radius 1 is 0.853 bits per heavy atom. The van der Waals surface area contributed by atoms with Crippen molar-refractivity contribution in [3.05, 3.63) is 70.5 Å². The summed E-state index contributed by atoms with van der Waals surface area (Å²) in [5, 5.41) is 3.28. The molecule has 0 aliphatic carbocycles. The van der Waals surface area contributed by atoms with E-state index in [1.807, 2.05) is 4.90 Å². The molecular weight excluding hydrogens is 457 g/mol. The van der Waals surface area contributed by atoms with E-state index < -0.39 is 11.9 Å². The maximum Gasteiger partial charge on any atom is 0.256 e. The lowest BCUT2D eigenvalue weighted by Gasteiger charge is -2.38. The van der Waals surface area contributed by atoms with Crippen LogP contribution >= 0.6 is 11.6 Å². The monoisotopic (exact) mass is 485 g/mol. The molecule has 2 fully saturated rings. The second-order valence-electron chi connectivity index (χ2n) is 8.93. The fraction of sp³-hybridized carbons (Fsp3) is 0.423. The summed E-state index contributed by atoms with van der Waals surface area (Å²) >= 11 is 6.21. The van der Waals surface area contributed by atoms with Crippen LogP contribution < -0.4 is 5.32 Å². The van der Waals surface area contributed by atoms with Gasteiger partial charge in [-0.15, -0.1) is 0 Å². The molecule has 34 heavy (non-hydrogen) atoms. The number of hydrogen-bond acceptors (Lipinski definition) is 3. The predicted molar refractivity (Wildman–Crippen MR) is 128 cm³/mol. The molecule has 1 atom stereocenters. The van der Waals surface area contributed by atoms with Crippen LogP contribution in [0.4, 0.5) is 4.39 Å². The number of nitrogens with zero attached hydrogens (tertiary/aromatic N) is 2. The summed E-state index contributed by atoms with van der Waals surface area (Å²) in [5.41, 5.74) is 0.377. The van der Waals surface area contributed by atoms with Gasteiger partial charge in [0.25, 0.3) is 11.8 Å². The van der Waals surface area contributed by atoms with Gasteiger partial charge in [0.15, 0.2) is 0 Å². The first-order valence-electron chi connectivity index (χ1n) is 11.8. The van der Waals surface area contributed by atoms with Gasteiger partial charge in [0, 0.05) is 26.2 Å². The predicted octanol–water partition coefficient (Wildman–Crippen LogP) is 4.14. The van der Waals surface area contributed by atoms with Crippen molar-refractivity contribution in [1.29, 1.82) is 0 Å². The van der Waals surface area contributed by atoms with E-state index in [1.54, 1.807) is 41.3 Å². The van der Waals surface area contributed by atoms with Gasteiger partial charge in [-0.05, 0) is 62.3 Å². The lowest BCUT2D eigenvalue weighted by Crippen LogP contribution is -2.55. The van der Waals surface area contributed by atoms with Crippen molar-refractivity contribution in [3.63, 3.8) is 0 Å². The molecular formula is C26H29ClFN3O3. The zero-order chi connectivity index (χ0) is 24.1. The molecule has 180 valence electrons. The average Bonchev–Trinajstić information content (AvgIpc) is 2.87. The summed E-state index contributed by atoms with van der Waals surface area (Å²) in [4.78, 5) is 42.8. The molecule has 2 aliphatic heterocycles. The standard InChI is InChI=1S/C26H29ClFN3O3/c27-21-10-4-2-8-19(21)24(32)29-23(26(34)30-14-6-1-7-15-30)18-12-16-31(17-13-18)25(33)20-9-3-5-11-22(20)28/h2-5,8-11,18,23H,1,6-7,12-17H2,(H,29,32)/t23-/m0/s1. The molecule has 0 unspecified atom stereocenters. The van der Waals surface area contributed by atoms with Crippen molar-refractivity contribution >= 4 is 29.3 Å². The van der Waals surface area contributed by atoms with Crippen molar-refractivity contribution < 1.29 is 18.8 Å². The number of rotatable bonds is 5. The van der Waals surface area contributed by atoms with Crippen LogP contribution in [0.25, 0.3) is 0 Å². The summed E-state index contributed by atoms with van der Waals surface area (Å²) in [5.74, 6) is -1.49. The first-order chi connectivity index (χ1) is 16.5. The zero-order valence-corrected chi connectivity index (χ0v) is 19.8. The molecule has 0 saturated carbocycles. The topological polar surface area (TPSA) is 69.7 Å². The molecule has 0 bridgehead atoms. The molecule has 8 heteroatoms. The second kappa shape index (κ2) is 11.0. The largest absolute Gasteiger partial charge is 0.341 e. The quantitative estimate of drug-likeness (QED) is 0.692. The van der Waals surface area contributed by atoms with Crippen molar-refractivity contribution in [2.24, 2.45) is 5.92 Å². The van der Waals surface area contributed by atoms with Crippen LogP contribution in [0, 0.1) is 11.7 Å². The van der Waals surface area contributed by atoms with Gasteiger partial charge in [-0.2, -0.15) is 0 Å². The van der Waals surface area contributed by atoms with Crippen LogP contribution in [0.5, 0.6) is 0 Å². The number of likely N-dealkylation sites (tertiary alicyclic amines) is 2. The number of hydrogen-bond donors (Lipinski definition) is 1. The van der Waals surface area contributed by atoms with Gasteiger partial charge >= 0.3 is 0 Å². The van der Waals surface area contributed by atoms with Crippen LogP contribution in [0.1, 0.15) is 52.8 Å². The first-order valence-corrected chi connectivity index (χ1v) is 12.2. The minimum absolute atomic E-state index is 0.0499. The van der Waals surface area contributed by atoms with Crippen molar-refractivity contribution in [1.82, 2.24) is 15.1 Å². The van der Waals surface area contributed by atoms with Gasteiger partial charge in [-0.3, -0.25) is 14.4 Å². The van der Waals surface area contributed by atoms with Gasteiger partial charge in [-0.25, -0.2) is 4.39 Å². The van der Waals surface area contributed by atoms with Gasteiger partial charge in [0.2, 0.25) is 5.91 Å². The molecule has 2 aliphatic rings. The minimum atomic E-state index is -0.701. The van der Waals surface area contributed by atoms with Crippen LogP contribution in [-0.4, -0.2) is 59.7 Å². The SMILES string of the molecule is O=C(N[C@H](C(=O)N1CCCCC1)C1CCN(C(=O)c2ccccc2F)CC1)c1ccccc1Cl. The fourth-order valence-electron chi connectivity index (χ4n) is 4.80. The number of carbonyl (C=O) groups excluding carboxylic acids is 3. The highest BCUT2D eigenvalue weighted by atomic mass is 35.5. The normalized spacial score (nSPS) is 17.8. The van der Waals surface area contributed by atoms with E-state index in [1.165, 1.54) is 12.1 Å². The number of amides is 3. The summed E-state index contributed by atoms with van der Waals surface area (Å²) in [6.07, 6.45) is 4.07. The Balaban J connectivity index is 1.48. The molecule has 0 aromatic heterocycles. The Morgan fingerprint density at radius 2 is 1.47 bits per heavy atom. The Kier molecular flexibility index (Phi) is 7.83. The molecule has 2 saturated heterocycles. The molecule has 2 heterocycles. The Hall–Kier alpha value is -2.93. The maximum absolute atomic E-state index is 14.1. The van der Waals surface area contributed by atoms with Gasteiger partial charge in [-0.1, -0.05) is 35.9 Å². The van der Waals surface area contributed by atoms with Crippen LogP contribution in [-0.2, 0) is 4.79 Å². The number of nitrogens with one attached hydrogen (secondary N) is 1. The Labute approximate surface area is 204 Å². The average molecular weight is 486 g/mol. The summed E-state index contributed by atoms with van der Waals surface area (Å²) in [7, 11) is 0. The molecule has 2 aromatic carbocycles. The fourth-order valence-corrected chi connectivity index (χ4v) is 5.02. The summed E-state index contributed by atoms with van der Waals surface area (Å²) in [6.45, 7) is 2.15. The maximum atomic E-state index is 14.1. The van der Waals surface area contributed by atoms with Crippen LogP contribution in [0.3, 0.4) is 0 Å². The van der Waals surface area contributed by atoms with Crippen molar-refractivity contribution in [2.45, 2.75) is 38.1 Å². The number of carbonyl (C=O) groups is 3. The summed E-state index contributed by atoms with van der Waals surface area (Å²) in [6, 6.07) is 12.0. The molecule has 1 N–H and O–H groups in total. The smallest absolute Gasteiger partial charge is 0.256 e. The van der Waals surface area contributed by atoms with Crippen molar-refractivity contribution in [3.8, 4) is 0 Å². The van der Waals surface area contributed by atoms with E-state index >= 15 is 0 Å². The summed E-state index contributed by atoms with van der Waals surface area (Å²) < 4.78 is 14.1.